The van der Waals surface area contributed by atoms with Crippen molar-refractivity contribution in [3.63, 3.8) is 0 Å². The van der Waals surface area contributed by atoms with Gasteiger partial charge in [0, 0.05) is 5.25 Å². The second-order valence-electron chi connectivity index (χ2n) is 3.02. The third-order valence-electron chi connectivity index (χ3n) is 2.07. The van der Waals surface area contributed by atoms with E-state index < -0.39 is 0 Å². The van der Waals surface area contributed by atoms with Crippen molar-refractivity contribution in [2.75, 3.05) is 0 Å². The third-order valence-corrected chi connectivity index (χ3v) is 3.39. The van der Waals surface area contributed by atoms with Crippen LogP contribution in [0.5, 0.6) is 0 Å². The van der Waals surface area contributed by atoms with Gasteiger partial charge in [0.05, 0.1) is 0 Å². The lowest BCUT2D eigenvalue weighted by molar-refractivity contribution is 0.938. The minimum atomic E-state index is 0.841. The topological polar surface area (TPSA) is 0 Å². The molecule has 0 spiro atoms. The summed E-state index contributed by atoms with van der Waals surface area (Å²) in [5, 5.41) is 0.841. The SMILES string of the molecule is CC.CC.CC1CC2=C(CCC=C2)S1. The zero-order valence-corrected chi connectivity index (χ0v) is 11.1. The Morgan fingerprint density at radius 2 is 1.86 bits per heavy atom. The standard InChI is InChI=1S/C9H12S.2C2H6/c1-7-6-8-4-2-3-5-9(8)10-7;2*1-2/h2,4,7H,3,5-6H2,1H3;2*1-2H3. The second-order valence-corrected chi connectivity index (χ2v) is 4.56. The van der Waals surface area contributed by atoms with Gasteiger partial charge in [0.25, 0.3) is 0 Å². The van der Waals surface area contributed by atoms with Gasteiger partial charge in [0.2, 0.25) is 0 Å². The van der Waals surface area contributed by atoms with Crippen molar-refractivity contribution in [1.82, 2.24) is 0 Å². The summed E-state index contributed by atoms with van der Waals surface area (Å²) in [7, 11) is 0. The van der Waals surface area contributed by atoms with Crippen LogP contribution < -0.4 is 0 Å². The first-order valence-corrected chi connectivity index (χ1v) is 6.79. The largest absolute Gasteiger partial charge is 0.127 e. The van der Waals surface area contributed by atoms with Crippen LogP contribution >= 0.6 is 11.8 Å². The highest BCUT2D eigenvalue weighted by molar-refractivity contribution is 8.03. The van der Waals surface area contributed by atoms with Crippen molar-refractivity contribution in [3.05, 3.63) is 22.6 Å². The molecule has 0 saturated carbocycles. The Morgan fingerprint density at radius 3 is 2.43 bits per heavy atom. The van der Waals surface area contributed by atoms with E-state index in [9.17, 15) is 0 Å². The van der Waals surface area contributed by atoms with Crippen LogP contribution in [-0.2, 0) is 0 Å². The number of rotatable bonds is 0. The van der Waals surface area contributed by atoms with E-state index >= 15 is 0 Å². The lowest BCUT2D eigenvalue weighted by atomic mass is 10.0. The summed E-state index contributed by atoms with van der Waals surface area (Å²) in [6, 6.07) is 0. The predicted octanol–water partition coefficient (Wildman–Crippen LogP) is 5.17. The van der Waals surface area contributed by atoms with Crippen molar-refractivity contribution in [2.24, 2.45) is 0 Å². The molecule has 0 aromatic carbocycles. The van der Waals surface area contributed by atoms with Crippen molar-refractivity contribution in [2.45, 2.75) is 59.1 Å². The monoisotopic (exact) mass is 212 g/mol. The summed E-state index contributed by atoms with van der Waals surface area (Å²) in [6.45, 7) is 10.3. The lowest BCUT2D eigenvalue weighted by Crippen LogP contribution is -1.87. The average molecular weight is 212 g/mol. The van der Waals surface area contributed by atoms with Gasteiger partial charge < -0.3 is 0 Å². The average Bonchev–Trinajstić information content (AvgIpc) is 2.64. The van der Waals surface area contributed by atoms with Crippen molar-refractivity contribution < 1.29 is 0 Å². The molecule has 1 atom stereocenters. The second kappa shape index (κ2) is 8.16. The fraction of sp³-hybridized carbons (Fsp3) is 0.692. The van der Waals surface area contributed by atoms with Crippen LogP contribution in [0.4, 0.5) is 0 Å². The Labute approximate surface area is 93.9 Å². The molecule has 0 aromatic heterocycles. The highest BCUT2D eigenvalue weighted by Gasteiger charge is 2.20. The molecule has 0 nitrogen and oxygen atoms in total. The van der Waals surface area contributed by atoms with Gasteiger partial charge in [-0.1, -0.05) is 46.8 Å². The van der Waals surface area contributed by atoms with E-state index in [4.69, 9.17) is 0 Å². The van der Waals surface area contributed by atoms with Gasteiger partial charge in [-0.2, -0.15) is 0 Å². The zero-order chi connectivity index (χ0) is 11.0. The molecule has 0 amide bonds. The van der Waals surface area contributed by atoms with E-state index in [-0.39, 0.29) is 0 Å². The summed E-state index contributed by atoms with van der Waals surface area (Å²) in [5.74, 6) is 0. The van der Waals surface area contributed by atoms with E-state index in [1.54, 1.807) is 10.5 Å². The van der Waals surface area contributed by atoms with E-state index in [2.05, 4.69) is 30.8 Å². The molecule has 0 N–H and O–H groups in total. The van der Waals surface area contributed by atoms with Crippen LogP contribution in [0.2, 0.25) is 0 Å². The lowest BCUT2D eigenvalue weighted by Gasteiger charge is -2.05. The number of thioether (sulfide) groups is 1. The summed E-state index contributed by atoms with van der Waals surface area (Å²) in [6.07, 6.45) is 8.49. The van der Waals surface area contributed by atoms with Crippen molar-refractivity contribution >= 4 is 11.8 Å². The van der Waals surface area contributed by atoms with Crippen LogP contribution in [0.1, 0.15) is 53.9 Å². The summed E-state index contributed by atoms with van der Waals surface area (Å²) in [4.78, 5) is 1.66. The molecule has 14 heavy (non-hydrogen) atoms. The summed E-state index contributed by atoms with van der Waals surface area (Å²) < 4.78 is 0. The molecule has 0 saturated heterocycles. The Morgan fingerprint density at radius 1 is 1.21 bits per heavy atom. The molecule has 2 rings (SSSR count). The quantitative estimate of drug-likeness (QED) is 0.534. The highest BCUT2D eigenvalue weighted by Crippen LogP contribution is 2.42. The summed E-state index contributed by atoms with van der Waals surface area (Å²) in [5.41, 5.74) is 1.61. The smallest absolute Gasteiger partial charge is 0.0104 e. The van der Waals surface area contributed by atoms with E-state index in [0.717, 1.165) is 5.25 Å². The first-order chi connectivity index (χ1) is 6.86. The molecule has 1 unspecified atom stereocenters. The van der Waals surface area contributed by atoms with Gasteiger partial charge in [-0.15, -0.1) is 11.8 Å². The predicted molar refractivity (Wildman–Crippen MR) is 69.8 cm³/mol. The van der Waals surface area contributed by atoms with E-state index in [0.29, 0.717) is 0 Å². The number of hydrogen-bond donors (Lipinski definition) is 0. The molecule has 82 valence electrons. The molecule has 2 aliphatic rings. The van der Waals surface area contributed by atoms with Crippen LogP contribution in [-0.4, -0.2) is 5.25 Å². The normalized spacial score (nSPS) is 23.1. The molecule has 0 bridgehead atoms. The van der Waals surface area contributed by atoms with Crippen molar-refractivity contribution in [1.29, 1.82) is 0 Å². The van der Waals surface area contributed by atoms with E-state index in [1.165, 1.54) is 19.3 Å². The van der Waals surface area contributed by atoms with Crippen LogP contribution in [0.25, 0.3) is 0 Å². The maximum Gasteiger partial charge on any atom is 0.0104 e. The molecule has 0 fully saturated rings. The van der Waals surface area contributed by atoms with Gasteiger partial charge in [0.1, 0.15) is 0 Å². The fourth-order valence-electron chi connectivity index (χ4n) is 1.60. The molecule has 0 radical (unpaired) electrons. The Kier molecular flexibility index (Phi) is 8.07. The number of allylic oxidation sites excluding steroid dienone is 4. The maximum absolute atomic E-state index is 2.32. The molecular formula is C13H24S. The van der Waals surface area contributed by atoms with Gasteiger partial charge in [0.15, 0.2) is 0 Å². The van der Waals surface area contributed by atoms with Gasteiger partial charge >= 0.3 is 0 Å². The number of hydrogen-bond acceptors (Lipinski definition) is 1. The van der Waals surface area contributed by atoms with Crippen LogP contribution in [0.3, 0.4) is 0 Å². The molecule has 0 aromatic rings. The molecular weight excluding hydrogens is 188 g/mol. The van der Waals surface area contributed by atoms with Crippen molar-refractivity contribution in [3.8, 4) is 0 Å². The Balaban J connectivity index is 0.000000379. The summed E-state index contributed by atoms with van der Waals surface area (Å²) >= 11 is 2.08. The fourth-order valence-corrected chi connectivity index (χ4v) is 2.89. The molecule has 1 heterocycles. The molecule has 1 aliphatic heterocycles. The minimum absolute atomic E-state index is 0.841. The maximum atomic E-state index is 2.32. The molecule has 1 aliphatic carbocycles. The first-order valence-electron chi connectivity index (χ1n) is 5.91. The van der Waals surface area contributed by atoms with Crippen LogP contribution in [0.15, 0.2) is 22.6 Å². The Hall–Kier alpha value is -0.170. The zero-order valence-electron chi connectivity index (χ0n) is 10.3. The van der Waals surface area contributed by atoms with Crippen LogP contribution in [0, 0.1) is 0 Å². The van der Waals surface area contributed by atoms with Gasteiger partial charge in [-0.05, 0) is 29.7 Å². The Bertz CT molecular complexity index is 201. The highest BCUT2D eigenvalue weighted by atomic mass is 32.2. The van der Waals surface area contributed by atoms with Gasteiger partial charge in [-0.3, -0.25) is 0 Å². The van der Waals surface area contributed by atoms with Gasteiger partial charge in [-0.25, -0.2) is 0 Å². The molecule has 1 heteroatoms. The first kappa shape index (κ1) is 13.8. The minimum Gasteiger partial charge on any atom is -0.127 e. The third kappa shape index (κ3) is 3.91. The van der Waals surface area contributed by atoms with E-state index in [1.807, 2.05) is 27.7 Å².